The minimum absolute atomic E-state index is 0.0517. The summed E-state index contributed by atoms with van der Waals surface area (Å²) in [5.41, 5.74) is 17.2. The van der Waals surface area contributed by atoms with Crippen LogP contribution in [-0.4, -0.2) is 76.5 Å². The standard InChI is InChI=1S/C25H39N7O7/c1-14(2)20(24(38)39)32-22(36)17(10-11-19(33)34)30-23(37)18(13-15-7-4-3-5-8-15)31-21(35)16(26)9-6-12-29-25(27)28/h3-5,7-8,14,16-18,20H,6,9-13,26H2,1-2H3,(H,30,37)(H,31,35)(H,32,36)(H,33,34)(H,38,39)(H4,27,28,29). The summed E-state index contributed by atoms with van der Waals surface area (Å²) in [6.45, 7) is 3.46. The lowest BCUT2D eigenvalue weighted by Crippen LogP contribution is -2.58. The second-order valence-corrected chi connectivity index (χ2v) is 9.37. The van der Waals surface area contributed by atoms with Crippen LogP contribution in [0.2, 0.25) is 0 Å². The van der Waals surface area contributed by atoms with Crippen molar-refractivity contribution in [1.29, 1.82) is 0 Å². The van der Waals surface area contributed by atoms with Gasteiger partial charge in [0.05, 0.1) is 6.04 Å². The number of hydrogen-bond donors (Lipinski definition) is 8. The Morgan fingerprint density at radius 2 is 1.46 bits per heavy atom. The normalized spacial score (nSPS) is 13.8. The number of nitrogens with zero attached hydrogens (tertiary/aromatic N) is 1. The lowest BCUT2D eigenvalue weighted by molar-refractivity contribution is -0.144. The molecule has 0 saturated carbocycles. The van der Waals surface area contributed by atoms with E-state index in [1.807, 2.05) is 0 Å². The molecular weight excluding hydrogens is 510 g/mol. The fourth-order valence-corrected chi connectivity index (χ4v) is 3.56. The molecule has 1 aromatic carbocycles. The average molecular weight is 550 g/mol. The maximum absolute atomic E-state index is 13.3. The molecule has 0 aliphatic heterocycles. The number of nitrogens with one attached hydrogen (secondary N) is 3. The Morgan fingerprint density at radius 3 is 2.00 bits per heavy atom. The van der Waals surface area contributed by atoms with Crippen LogP contribution < -0.4 is 33.2 Å². The van der Waals surface area contributed by atoms with E-state index < -0.39 is 66.2 Å². The van der Waals surface area contributed by atoms with Crippen LogP contribution in [0.25, 0.3) is 0 Å². The number of amides is 3. The molecule has 0 aliphatic rings. The Balaban J connectivity index is 3.08. The monoisotopic (exact) mass is 549 g/mol. The van der Waals surface area contributed by atoms with Crippen LogP contribution in [0.3, 0.4) is 0 Å². The van der Waals surface area contributed by atoms with Gasteiger partial charge in [0.15, 0.2) is 5.96 Å². The Kier molecular flexibility index (Phi) is 14.0. The predicted molar refractivity (Wildman–Crippen MR) is 143 cm³/mol. The number of nitrogens with two attached hydrogens (primary N) is 3. The zero-order valence-electron chi connectivity index (χ0n) is 22.1. The minimum Gasteiger partial charge on any atom is -0.481 e. The summed E-state index contributed by atoms with van der Waals surface area (Å²) in [5, 5.41) is 25.9. The van der Waals surface area contributed by atoms with Gasteiger partial charge in [0.1, 0.15) is 18.1 Å². The SMILES string of the molecule is CC(C)C(NC(=O)C(CCC(=O)O)NC(=O)C(Cc1ccccc1)NC(=O)C(N)CCCN=C(N)N)C(=O)O. The van der Waals surface area contributed by atoms with E-state index in [9.17, 15) is 29.1 Å². The highest BCUT2D eigenvalue weighted by Gasteiger charge is 2.31. The molecule has 0 fully saturated rings. The second-order valence-electron chi connectivity index (χ2n) is 9.37. The van der Waals surface area contributed by atoms with Gasteiger partial charge in [-0.3, -0.25) is 24.2 Å². The molecule has 1 rings (SSSR count). The Labute approximate surface area is 226 Å². The van der Waals surface area contributed by atoms with Crippen molar-refractivity contribution in [2.75, 3.05) is 6.54 Å². The number of carboxylic acids is 2. The molecule has 0 spiro atoms. The van der Waals surface area contributed by atoms with Gasteiger partial charge in [-0.1, -0.05) is 44.2 Å². The maximum atomic E-state index is 13.3. The van der Waals surface area contributed by atoms with E-state index in [-0.39, 0.29) is 31.8 Å². The van der Waals surface area contributed by atoms with Gasteiger partial charge < -0.3 is 43.4 Å². The first-order chi connectivity index (χ1) is 18.3. The lowest BCUT2D eigenvalue weighted by atomic mass is 10.0. The zero-order valence-corrected chi connectivity index (χ0v) is 22.1. The molecular formula is C25H39N7O7. The second kappa shape index (κ2) is 16.6. The number of benzene rings is 1. The highest BCUT2D eigenvalue weighted by molar-refractivity contribution is 5.94. The Hall–Kier alpha value is -4.20. The van der Waals surface area contributed by atoms with E-state index in [4.69, 9.17) is 22.3 Å². The number of guanidine groups is 1. The molecule has 4 atom stereocenters. The third-order valence-corrected chi connectivity index (χ3v) is 5.73. The largest absolute Gasteiger partial charge is 0.481 e. The van der Waals surface area contributed by atoms with E-state index in [0.717, 1.165) is 0 Å². The molecule has 0 saturated heterocycles. The van der Waals surface area contributed by atoms with Gasteiger partial charge in [-0.05, 0) is 30.7 Å². The summed E-state index contributed by atoms with van der Waals surface area (Å²) < 4.78 is 0. The highest BCUT2D eigenvalue weighted by Crippen LogP contribution is 2.08. The van der Waals surface area contributed by atoms with Gasteiger partial charge in [-0.15, -0.1) is 0 Å². The van der Waals surface area contributed by atoms with Crippen LogP contribution >= 0.6 is 0 Å². The number of aliphatic carboxylic acids is 2. The van der Waals surface area contributed by atoms with Gasteiger partial charge in [-0.2, -0.15) is 0 Å². The van der Waals surface area contributed by atoms with Crippen LogP contribution in [0.1, 0.15) is 45.1 Å². The van der Waals surface area contributed by atoms with Gasteiger partial charge >= 0.3 is 11.9 Å². The predicted octanol–water partition coefficient (Wildman–Crippen LogP) is -1.33. The number of carbonyl (C=O) groups is 5. The van der Waals surface area contributed by atoms with Crippen LogP contribution in [0, 0.1) is 5.92 Å². The molecule has 0 radical (unpaired) electrons. The van der Waals surface area contributed by atoms with E-state index >= 15 is 0 Å². The van der Waals surface area contributed by atoms with Crippen LogP contribution in [-0.2, 0) is 30.4 Å². The summed E-state index contributed by atoms with van der Waals surface area (Å²) in [6.07, 6.45) is -0.0598. The van der Waals surface area contributed by atoms with Crippen molar-refractivity contribution < 1.29 is 34.2 Å². The van der Waals surface area contributed by atoms with Crippen molar-refractivity contribution in [2.45, 2.75) is 70.1 Å². The van der Waals surface area contributed by atoms with E-state index in [0.29, 0.717) is 12.0 Å². The Bertz CT molecular complexity index is 1010. The number of rotatable bonds is 17. The number of hydrogen-bond acceptors (Lipinski definition) is 7. The molecule has 11 N–H and O–H groups in total. The molecule has 0 bridgehead atoms. The van der Waals surface area contributed by atoms with Crippen molar-refractivity contribution in [3.8, 4) is 0 Å². The molecule has 39 heavy (non-hydrogen) atoms. The van der Waals surface area contributed by atoms with Crippen molar-refractivity contribution >= 4 is 35.6 Å². The quantitative estimate of drug-likeness (QED) is 0.0645. The molecule has 0 heterocycles. The number of carboxylic acid groups (broad SMARTS) is 2. The average Bonchev–Trinajstić information content (AvgIpc) is 2.86. The summed E-state index contributed by atoms with van der Waals surface area (Å²) in [4.78, 5) is 65.5. The summed E-state index contributed by atoms with van der Waals surface area (Å²) in [7, 11) is 0. The van der Waals surface area contributed by atoms with Crippen LogP contribution in [0.5, 0.6) is 0 Å². The number of aliphatic imine (C=N–C) groups is 1. The molecule has 14 nitrogen and oxygen atoms in total. The third-order valence-electron chi connectivity index (χ3n) is 5.73. The molecule has 3 amide bonds. The maximum Gasteiger partial charge on any atom is 0.326 e. The summed E-state index contributed by atoms with van der Waals surface area (Å²) in [5.74, 6) is -5.27. The molecule has 0 aromatic heterocycles. The van der Waals surface area contributed by atoms with Crippen LogP contribution in [0.15, 0.2) is 35.3 Å². The molecule has 216 valence electrons. The summed E-state index contributed by atoms with van der Waals surface area (Å²) >= 11 is 0. The van der Waals surface area contributed by atoms with Crippen molar-refractivity contribution in [2.24, 2.45) is 28.1 Å². The van der Waals surface area contributed by atoms with E-state index in [1.165, 1.54) is 0 Å². The third kappa shape index (κ3) is 12.7. The fourth-order valence-electron chi connectivity index (χ4n) is 3.56. The zero-order chi connectivity index (χ0) is 29.5. The molecule has 0 aliphatic carbocycles. The first-order valence-corrected chi connectivity index (χ1v) is 12.5. The van der Waals surface area contributed by atoms with Crippen LogP contribution in [0.4, 0.5) is 0 Å². The molecule has 1 aromatic rings. The first-order valence-electron chi connectivity index (χ1n) is 12.5. The van der Waals surface area contributed by atoms with Crippen molar-refractivity contribution in [3.05, 3.63) is 35.9 Å². The minimum atomic E-state index is -1.36. The summed E-state index contributed by atoms with van der Waals surface area (Å²) in [6, 6.07) is 4.03. The lowest BCUT2D eigenvalue weighted by Gasteiger charge is -2.26. The topological polar surface area (TPSA) is 252 Å². The van der Waals surface area contributed by atoms with Crippen molar-refractivity contribution in [1.82, 2.24) is 16.0 Å². The van der Waals surface area contributed by atoms with Crippen molar-refractivity contribution in [3.63, 3.8) is 0 Å². The van der Waals surface area contributed by atoms with Gasteiger partial charge in [0.2, 0.25) is 17.7 Å². The highest BCUT2D eigenvalue weighted by atomic mass is 16.4. The van der Waals surface area contributed by atoms with Gasteiger partial charge in [0.25, 0.3) is 0 Å². The molecule has 4 unspecified atom stereocenters. The van der Waals surface area contributed by atoms with E-state index in [2.05, 4.69) is 20.9 Å². The fraction of sp³-hybridized carbons (Fsp3) is 0.520. The molecule has 14 heteroatoms. The number of carbonyl (C=O) groups excluding carboxylic acids is 3. The van der Waals surface area contributed by atoms with Gasteiger partial charge in [-0.25, -0.2) is 4.79 Å². The van der Waals surface area contributed by atoms with Gasteiger partial charge in [0, 0.05) is 19.4 Å². The van der Waals surface area contributed by atoms with E-state index in [1.54, 1.807) is 44.2 Å². The Morgan fingerprint density at radius 1 is 0.872 bits per heavy atom. The smallest absolute Gasteiger partial charge is 0.326 e. The first kappa shape index (κ1) is 32.8.